The minimum atomic E-state index is -0.503. The van der Waals surface area contributed by atoms with Crippen molar-refractivity contribution in [1.82, 2.24) is 24.9 Å². The van der Waals surface area contributed by atoms with Gasteiger partial charge >= 0.3 is 12.1 Å². The van der Waals surface area contributed by atoms with Crippen molar-refractivity contribution in [3.05, 3.63) is 24.4 Å². The van der Waals surface area contributed by atoms with Crippen LogP contribution in [-0.4, -0.2) is 76.0 Å². The monoisotopic (exact) mass is 440 g/mol. The number of amides is 1. The van der Waals surface area contributed by atoms with Gasteiger partial charge in [0.15, 0.2) is 0 Å². The van der Waals surface area contributed by atoms with Crippen LogP contribution in [0.1, 0.15) is 33.2 Å². The Morgan fingerprint density at radius 3 is 2.69 bits per heavy atom. The molecule has 4 heterocycles. The van der Waals surface area contributed by atoms with Gasteiger partial charge < -0.3 is 23.7 Å². The fraction of sp³-hybridized carbons (Fsp3) is 0.545. The topological polar surface area (TPSA) is 98.8 Å². The highest BCUT2D eigenvalue weighted by atomic mass is 16.6. The van der Waals surface area contributed by atoms with Gasteiger partial charge in [0, 0.05) is 43.7 Å². The molecule has 170 valence electrons. The number of piperazine rings is 1. The molecule has 2 aliphatic rings. The number of nitrogens with zero attached hydrogens (tertiary/aromatic N) is 6. The average Bonchev–Trinajstić information content (AvgIpc) is 3.52. The lowest BCUT2D eigenvalue weighted by atomic mass is 10.1. The van der Waals surface area contributed by atoms with Gasteiger partial charge in [0.2, 0.25) is 5.89 Å². The van der Waals surface area contributed by atoms with E-state index in [-0.39, 0.29) is 12.1 Å². The summed E-state index contributed by atoms with van der Waals surface area (Å²) in [7, 11) is 0. The van der Waals surface area contributed by atoms with Crippen molar-refractivity contribution < 1.29 is 18.7 Å². The molecule has 1 atom stereocenters. The van der Waals surface area contributed by atoms with Gasteiger partial charge in [-0.1, -0.05) is 11.2 Å². The third-order valence-corrected chi connectivity index (χ3v) is 5.71. The molecule has 3 aromatic rings. The molecule has 2 fully saturated rings. The molecule has 10 nitrogen and oxygen atoms in total. The maximum absolute atomic E-state index is 12.3. The van der Waals surface area contributed by atoms with Gasteiger partial charge in [-0.25, -0.2) is 4.79 Å². The quantitative estimate of drug-likeness (QED) is 0.613. The van der Waals surface area contributed by atoms with Crippen LogP contribution in [0.4, 0.5) is 10.8 Å². The van der Waals surface area contributed by atoms with Crippen molar-refractivity contribution in [2.75, 3.05) is 44.3 Å². The Kier molecular flexibility index (Phi) is 5.24. The van der Waals surface area contributed by atoms with Crippen molar-refractivity contribution >= 4 is 23.0 Å². The maximum Gasteiger partial charge on any atom is 0.410 e. The van der Waals surface area contributed by atoms with Gasteiger partial charge in [-0.2, -0.15) is 5.10 Å². The van der Waals surface area contributed by atoms with E-state index in [1.54, 1.807) is 4.90 Å². The molecule has 32 heavy (non-hydrogen) atoms. The van der Waals surface area contributed by atoms with Crippen LogP contribution in [-0.2, 0) is 9.47 Å². The van der Waals surface area contributed by atoms with E-state index >= 15 is 0 Å². The molecule has 0 saturated carbocycles. The Labute approximate surface area is 186 Å². The molecule has 0 bridgehead atoms. The molecule has 0 N–H and O–H groups in total. The lowest BCUT2D eigenvalue weighted by molar-refractivity contribution is 0.0239. The molecular formula is C22H28N6O4. The third-order valence-electron chi connectivity index (χ3n) is 5.71. The number of hydrogen-bond donors (Lipinski definition) is 0. The largest absolute Gasteiger partial charge is 0.444 e. The molecular weight excluding hydrogens is 412 g/mol. The molecule has 2 saturated heterocycles. The predicted molar refractivity (Wildman–Crippen MR) is 118 cm³/mol. The number of ether oxygens (including phenoxy) is 2. The summed E-state index contributed by atoms with van der Waals surface area (Å²) in [6.45, 7) is 9.35. The van der Waals surface area contributed by atoms with E-state index in [2.05, 4.69) is 15.3 Å². The fourth-order valence-corrected chi connectivity index (χ4v) is 4.04. The van der Waals surface area contributed by atoms with Crippen LogP contribution in [0.3, 0.4) is 0 Å². The Hall–Kier alpha value is -3.14. The molecule has 1 aromatic carbocycles. The first-order valence-electron chi connectivity index (χ1n) is 11.0. The molecule has 1 unspecified atom stereocenters. The van der Waals surface area contributed by atoms with Gasteiger partial charge in [-0.3, -0.25) is 4.68 Å². The second kappa shape index (κ2) is 8.09. The van der Waals surface area contributed by atoms with Gasteiger partial charge in [0.25, 0.3) is 0 Å². The molecule has 1 amide bonds. The Morgan fingerprint density at radius 2 is 1.97 bits per heavy atom. The van der Waals surface area contributed by atoms with Crippen molar-refractivity contribution in [1.29, 1.82) is 0 Å². The smallest absolute Gasteiger partial charge is 0.410 e. The highest BCUT2D eigenvalue weighted by Gasteiger charge is 2.28. The summed E-state index contributed by atoms with van der Waals surface area (Å²) in [5.41, 5.74) is 1.38. The van der Waals surface area contributed by atoms with Crippen LogP contribution in [0.2, 0.25) is 0 Å². The van der Waals surface area contributed by atoms with Crippen molar-refractivity contribution in [3.8, 4) is 11.5 Å². The number of aromatic nitrogens is 4. The van der Waals surface area contributed by atoms with Gasteiger partial charge in [-0.15, -0.1) is 5.10 Å². The molecule has 0 radical (unpaired) electrons. The van der Waals surface area contributed by atoms with E-state index in [0.717, 1.165) is 29.5 Å². The zero-order valence-corrected chi connectivity index (χ0v) is 18.7. The van der Waals surface area contributed by atoms with Crippen LogP contribution in [0.25, 0.3) is 22.4 Å². The van der Waals surface area contributed by atoms with Gasteiger partial charge in [-0.05, 0) is 39.3 Å². The molecule has 0 aliphatic carbocycles. The minimum absolute atomic E-state index is 0.252. The van der Waals surface area contributed by atoms with Crippen LogP contribution in [0.5, 0.6) is 0 Å². The summed E-state index contributed by atoms with van der Waals surface area (Å²) in [5, 5.41) is 14.1. The van der Waals surface area contributed by atoms with Crippen LogP contribution < -0.4 is 4.90 Å². The second-order valence-electron chi connectivity index (χ2n) is 9.22. The Balaban J connectivity index is 1.29. The normalized spacial score (nSPS) is 19.7. The maximum atomic E-state index is 12.3. The number of fused-ring (bicyclic) bond motifs is 1. The summed E-state index contributed by atoms with van der Waals surface area (Å²) in [5.74, 6) is 0.465. The summed E-state index contributed by atoms with van der Waals surface area (Å²) in [4.78, 5) is 16.0. The fourth-order valence-electron chi connectivity index (χ4n) is 4.04. The minimum Gasteiger partial charge on any atom is -0.444 e. The summed E-state index contributed by atoms with van der Waals surface area (Å²) >= 11 is 0. The first-order chi connectivity index (χ1) is 15.4. The third kappa shape index (κ3) is 4.14. The molecule has 10 heteroatoms. The van der Waals surface area contributed by atoms with Crippen molar-refractivity contribution in [2.24, 2.45) is 0 Å². The average molecular weight is 441 g/mol. The summed E-state index contributed by atoms with van der Waals surface area (Å²) in [6.07, 6.45) is 2.54. The number of rotatable bonds is 3. The van der Waals surface area contributed by atoms with E-state index in [4.69, 9.17) is 13.9 Å². The number of hydrogen-bond acceptors (Lipinski definition) is 8. The summed E-state index contributed by atoms with van der Waals surface area (Å²) in [6, 6.07) is 6.74. The van der Waals surface area contributed by atoms with Crippen LogP contribution >= 0.6 is 0 Å². The molecule has 0 spiro atoms. The highest BCUT2D eigenvalue weighted by molar-refractivity contribution is 5.83. The predicted octanol–water partition coefficient (Wildman–Crippen LogP) is 3.10. The number of carbonyl (C=O) groups is 1. The number of anilines is 1. The molecule has 2 aliphatic heterocycles. The zero-order valence-electron chi connectivity index (χ0n) is 18.7. The van der Waals surface area contributed by atoms with E-state index in [9.17, 15) is 4.79 Å². The lowest BCUT2D eigenvalue weighted by Crippen LogP contribution is -2.50. The summed E-state index contributed by atoms with van der Waals surface area (Å²) < 4.78 is 19.0. The Morgan fingerprint density at radius 1 is 1.16 bits per heavy atom. The van der Waals surface area contributed by atoms with Crippen molar-refractivity contribution in [2.45, 2.75) is 38.8 Å². The first kappa shape index (κ1) is 20.7. The number of benzene rings is 1. The highest BCUT2D eigenvalue weighted by Crippen LogP contribution is 2.29. The standard InChI is InChI=1S/C22H28N6O4/c1-22(2,3)32-21(29)27-9-7-26(8-10-27)20-25-24-19(31-20)15-4-5-16-13-23-28(18(16)12-15)17-6-11-30-14-17/h4-5,12-13,17H,6-11,14H2,1-3H3. The lowest BCUT2D eigenvalue weighted by Gasteiger charge is -2.34. The Bertz CT molecular complexity index is 1100. The van der Waals surface area contributed by atoms with Gasteiger partial charge in [0.05, 0.1) is 24.4 Å². The first-order valence-corrected chi connectivity index (χ1v) is 11.0. The number of carbonyl (C=O) groups excluding carboxylic acids is 1. The molecule has 2 aromatic heterocycles. The zero-order chi connectivity index (χ0) is 22.3. The second-order valence-corrected chi connectivity index (χ2v) is 9.22. The molecule has 5 rings (SSSR count). The van der Waals surface area contributed by atoms with E-state index in [1.807, 2.05) is 54.7 Å². The van der Waals surface area contributed by atoms with Crippen LogP contribution in [0, 0.1) is 0 Å². The van der Waals surface area contributed by atoms with E-state index in [0.29, 0.717) is 44.7 Å². The van der Waals surface area contributed by atoms with Crippen LogP contribution in [0.15, 0.2) is 28.8 Å². The SMILES string of the molecule is CC(C)(C)OC(=O)N1CCN(c2nnc(-c3ccc4cnn(C5CCOC5)c4c3)o2)CC1. The van der Waals surface area contributed by atoms with Gasteiger partial charge in [0.1, 0.15) is 5.60 Å². The van der Waals surface area contributed by atoms with E-state index in [1.165, 1.54) is 0 Å². The van der Waals surface area contributed by atoms with Crippen molar-refractivity contribution in [3.63, 3.8) is 0 Å². The van der Waals surface area contributed by atoms with E-state index < -0.39 is 5.60 Å².